The number of rotatable bonds is 7. The van der Waals surface area contributed by atoms with Crippen molar-refractivity contribution in [2.45, 2.75) is 37.6 Å². The quantitative estimate of drug-likeness (QED) is 0.772. The normalized spacial score (nSPS) is 16.3. The van der Waals surface area contributed by atoms with Gasteiger partial charge in [0.25, 0.3) is 0 Å². The summed E-state index contributed by atoms with van der Waals surface area (Å²) in [6.45, 7) is 6.18. The highest BCUT2D eigenvalue weighted by molar-refractivity contribution is 7.89. The molecule has 0 saturated carbocycles. The Morgan fingerprint density at radius 1 is 1.04 bits per heavy atom. The molecule has 0 bridgehead atoms. The van der Waals surface area contributed by atoms with Gasteiger partial charge in [-0.3, -0.25) is 4.90 Å². The zero-order valence-electron chi connectivity index (χ0n) is 17.3. The van der Waals surface area contributed by atoms with Crippen LogP contribution in [0.2, 0.25) is 0 Å². The van der Waals surface area contributed by atoms with Crippen molar-refractivity contribution in [1.82, 2.24) is 9.62 Å². The Balaban J connectivity index is 1.83. The molecule has 1 aliphatic heterocycles. The van der Waals surface area contributed by atoms with Crippen LogP contribution in [0, 0.1) is 13.8 Å². The van der Waals surface area contributed by atoms with Gasteiger partial charge in [-0.15, -0.1) is 0 Å². The van der Waals surface area contributed by atoms with Crippen LogP contribution in [0.1, 0.15) is 35.6 Å². The van der Waals surface area contributed by atoms with Gasteiger partial charge in [-0.2, -0.15) is 0 Å². The predicted octanol–water partition coefficient (Wildman–Crippen LogP) is 3.48. The van der Waals surface area contributed by atoms with E-state index in [2.05, 4.69) is 38.8 Å². The summed E-state index contributed by atoms with van der Waals surface area (Å²) in [5.41, 5.74) is 4.08. The van der Waals surface area contributed by atoms with E-state index in [9.17, 15) is 8.42 Å². The van der Waals surface area contributed by atoms with E-state index < -0.39 is 10.0 Å². The number of nitrogens with zero attached hydrogens (tertiary/aromatic N) is 2. The van der Waals surface area contributed by atoms with Crippen molar-refractivity contribution >= 4 is 15.7 Å². The molecule has 0 spiro atoms. The average Bonchev–Trinajstić information content (AvgIpc) is 3.18. The highest BCUT2D eigenvalue weighted by Crippen LogP contribution is 2.27. The van der Waals surface area contributed by atoms with Crippen LogP contribution in [0.15, 0.2) is 47.4 Å². The van der Waals surface area contributed by atoms with Crippen molar-refractivity contribution in [1.29, 1.82) is 0 Å². The zero-order valence-corrected chi connectivity index (χ0v) is 18.1. The lowest BCUT2D eigenvalue weighted by atomic mass is 10.1. The first kappa shape index (κ1) is 20.8. The van der Waals surface area contributed by atoms with E-state index in [0.29, 0.717) is 11.4 Å². The molecule has 5 nitrogen and oxygen atoms in total. The van der Waals surface area contributed by atoms with Gasteiger partial charge in [0.05, 0.1) is 4.90 Å². The van der Waals surface area contributed by atoms with Gasteiger partial charge >= 0.3 is 0 Å². The van der Waals surface area contributed by atoms with Crippen LogP contribution in [0.25, 0.3) is 0 Å². The van der Waals surface area contributed by atoms with Gasteiger partial charge in [0.2, 0.25) is 10.0 Å². The molecule has 0 radical (unpaired) electrons. The van der Waals surface area contributed by atoms with Gasteiger partial charge in [0, 0.05) is 32.4 Å². The molecule has 2 aromatic carbocycles. The summed E-state index contributed by atoms with van der Waals surface area (Å²) in [5.74, 6) is 0. The lowest BCUT2D eigenvalue weighted by Gasteiger charge is -2.28. The van der Waals surface area contributed by atoms with E-state index in [1.165, 1.54) is 0 Å². The molecule has 28 heavy (non-hydrogen) atoms. The van der Waals surface area contributed by atoms with Crippen LogP contribution in [-0.4, -0.2) is 47.0 Å². The van der Waals surface area contributed by atoms with Crippen molar-refractivity contribution in [3.8, 4) is 0 Å². The molecule has 1 aliphatic rings. The SMILES string of the molecule is Cc1cccc(S(=O)(=O)NCC(c2ccc(N(C)C)cc2)N2CCCC2)c1C. The maximum absolute atomic E-state index is 13.0. The van der Waals surface area contributed by atoms with Crippen molar-refractivity contribution < 1.29 is 8.42 Å². The number of nitrogens with one attached hydrogen (secondary N) is 1. The van der Waals surface area contributed by atoms with Crippen molar-refractivity contribution in [2.75, 3.05) is 38.6 Å². The van der Waals surface area contributed by atoms with Gasteiger partial charge < -0.3 is 4.90 Å². The van der Waals surface area contributed by atoms with Crippen LogP contribution in [0.5, 0.6) is 0 Å². The Morgan fingerprint density at radius 2 is 1.68 bits per heavy atom. The second kappa shape index (κ2) is 8.64. The first-order valence-electron chi connectivity index (χ1n) is 9.87. The Morgan fingerprint density at radius 3 is 2.29 bits per heavy atom. The molecule has 2 aromatic rings. The zero-order chi connectivity index (χ0) is 20.3. The standard InChI is InChI=1S/C22H31N3O2S/c1-17-8-7-9-22(18(17)2)28(26,27)23-16-21(25-14-5-6-15-25)19-10-12-20(13-11-19)24(3)4/h7-13,21,23H,5-6,14-16H2,1-4H3. The molecule has 1 fully saturated rings. The van der Waals surface area contributed by atoms with Gasteiger partial charge in [-0.25, -0.2) is 13.1 Å². The number of hydrogen-bond donors (Lipinski definition) is 1. The fourth-order valence-corrected chi connectivity index (χ4v) is 5.14. The van der Waals surface area contributed by atoms with E-state index in [1.54, 1.807) is 12.1 Å². The Labute approximate surface area is 169 Å². The Bertz CT molecular complexity index is 902. The summed E-state index contributed by atoms with van der Waals surface area (Å²) in [5, 5.41) is 0. The van der Waals surface area contributed by atoms with Crippen LogP contribution >= 0.6 is 0 Å². The summed E-state index contributed by atoms with van der Waals surface area (Å²) < 4.78 is 28.8. The van der Waals surface area contributed by atoms with Gasteiger partial charge in [0.1, 0.15) is 0 Å². The molecule has 0 aromatic heterocycles. The summed E-state index contributed by atoms with van der Waals surface area (Å²) in [6.07, 6.45) is 2.33. The van der Waals surface area contributed by atoms with Crippen molar-refractivity contribution in [3.05, 3.63) is 59.2 Å². The van der Waals surface area contributed by atoms with E-state index in [4.69, 9.17) is 0 Å². The van der Waals surface area contributed by atoms with E-state index in [1.807, 2.05) is 34.0 Å². The summed E-state index contributed by atoms with van der Waals surface area (Å²) in [4.78, 5) is 4.82. The lowest BCUT2D eigenvalue weighted by Crippen LogP contribution is -2.37. The molecule has 3 rings (SSSR count). The van der Waals surface area contributed by atoms with Crippen LogP contribution < -0.4 is 9.62 Å². The van der Waals surface area contributed by atoms with Crippen LogP contribution in [-0.2, 0) is 10.0 Å². The molecule has 1 unspecified atom stereocenters. The first-order chi connectivity index (χ1) is 13.3. The number of anilines is 1. The topological polar surface area (TPSA) is 52.7 Å². The third-order valence-electron chi connectivity index (χ3n) is 5.69. The fraction of sp³-hybridized carbons (Fsp3) is 0.455. The molecule has 1 atom stereocenters. The number of hydrogen-bond acceptors (Lipinski definition) is 4. The minimum Gasteiger partial charge on any atom is -0.378 e. The number of likely N-dealkylation sites (tertiary alicyclic amines) is 1. The van der Waals surface area contributed by atoms with Crippen molar-refractivity contribution in [3.63, 3.8) is 0 Å². The summed E-state index contributed by atoms with van der Waals surface area (Å²) in [6, 6.07) is 13.9. The third-order valence-corrected chi connectivity index (χ3v) is 7.25. The third kappa shape index (κ3) is 4.57. The number of benzene rings is 2. The monoisotopic (exact) mass is 401 g/mol. The first-order valence-corrected chi connectivity index (χ1v) is 11.3. The number of sulfonamides is 1. The second-order valence-electron chi connectivity index (χ2n) is 7.79. The predicted molar refractivity (Wildman–Crippen MR) is 115 cm³/mol. The van der Waals surface area contributed by atoms with E-state index >= 15 is 0 Å². The molecule has 1 heterocycles. The highest BCUT2D eigenvalue weighted by Gasteiger charge is 2.26. The molecule has 0 amide bonds. The van der Waals surface area contributed by atoms with Crippen LogP contribution in [0.3, 0.4) is 0 Å². The molecule has 6 heteroatoms. The van der Waals surface area contributed by atoms with Crippen LogP contribution in [0.4, 0.5) is 5.69 Å². The van der Waals surface area contributed by atoms with Gasteiger partial charge in [0.15, 0.2) is 0 Å². The Hall–Kier alpha value is -1.89. The maximum Gasteiger partial charge on any atom is 0.240 e. The van der Waals surface area contributed by atoms with Gasteiger partial charge in [-0.1, -0.05) is 24.3 Å². The summed E-state index contributed by atoms with van der Waals surface area (Å²) >= 11 is 0. The minimum absolute atomic E-state index is 0.0404. The maximum atomic E-state index is 13.0. The molecule has 0 aliphatic carbocycles. The molecule has 1 saturated heterocycles. The largest absolute Gasteiger partial charge is 0.378 e. The molecule has 152 valence electrons. The summed E-state index contributed by atoms with van der Waals surface area (Å²) in [7, 11) is 0.486. The van der Waals surface area contributed by atoms with E-state index in [-0.39, 0.29) is 6.04 Å². The number of aryl methyl sites for hydroxylation is 1. The molecular formula is C22H31N3O2S. The fourth-order valence-electron chi connectivity index (χ4n) is 3.79. The Kier molecular flexibility index (Phi) is 6.43. The second-order valence-corrected chi connectivity index (χ2v) is 9.53. The highest BCUT2D eigenvalue weighted by atomic mass is 32.2. The van der Waals surface area contributed by atoms with Crippen molar-refractivity contribution in [2.24, 2.45) is 0 Å². The molecule has 1 N–H and O–H groups in total. The lowest BCUT2D eigenvalue weighted by molar-refractivity contribution is 0.246. The smallest absolute Gasteiger partial charge is 0.240 e. The minimum atomic E-state index is -3.55. The van der Waals surface area contributed by atoms with Gasteiger partial charge in [-0.05, 0) is 74.7 Å². The molecular weight excluding hydrogens is 370 g/mol. The van der Waals surface area contributed by atoms with E-state index in [0.717, 1.165) is 48.3 Å². The average molecular weight is 402 g/mol.